The predicted octanol–water partition coefficient (Wildman–Crippen LogP) is 7.74. The van der Waals surface area contributed by atoms with Crippen LogP contribution in [0.15, 0.2) is 48.5 Å². The third-order valence-corrected chi connectivity index (χ3v) is 5.57. The number of hydrogen-bond acceptors (Lipinski definition) is 4. The van der Waals surface area contributed by atoms with Gasteiger partial charge in [-0.1, -0.05) is 51.2 Å². The van der Waals surface area contributed by atoms with Crippen LogP contribution in [0.4, 0.5) is 17.6 Å². The average Bonchev–Trinajstić information content (AvgIpc) is 2.89. The number of halogens is 4. The van der Waals surface area contributed by atoms with E-state index in [2.05, 4.69) is 6.92 Å². The number of esters is 1. The standard InChI is InChI=1S/C28H25F4NO3/c1-2-3-4-5-6-7-16-35-27-25(31)23(29)22(24(30)26(27)32)19-10-12-20(13-11-19)28(34)36-21-14-8-18(17-33)9-15-21/h8-15H,2-7,16H2,1H3. The molecule has 0 spiro atoms. The van der Waals surface area contributed by atoms with Crippen molar-refractivity contribution in [1.29, 1.82) is 5.26 Å². The van der Waals surface area contributed by atoms with Crippen LogP contribution in [0.5, 0.6) is 11.5 Å². The highest BCUT2D eigenvalue weighted by molar-refractivity contribution is 5.91. The van der Waals surface area contributed by atoms with Gasteiger partial charge in [0.2, 0.25) is 11.6 Å². The van der Waals surface area contributed by atoms with Crippen molar-refractivity contribution in [2.75, 3.05) is 6.61 Å². The highest BCUT2D eigenvalue weighted by Gasteiger charge is 2.27. The van der Waals surface area contributed by atoms with Gasteiger partial charge in [-0.15, -0.1) is 0 Å². The number of ether oxygens (including phenoxy) is 2. The summed E-state index contributed by atoms with van der Waals surface area (Å²) in [5, 5.41) is 8.81. The molecule has 0 bridgehead atoms. The molecule has 0 atom stereocenters. The van der Waals surface area contributed by atoms with E-state index in [-0.39, 0.29) is 23.5 Å². The molecule has 0 radical (unpaired) electrons. The molecule has 0 saturated carbocycles. The maximum absolute atomic E-state index is 14.7. The molecule has 0 aliphatic heterocycles. The summed E-state index contributed by atoms with van der Waals surface area (Å²) in [6, 6.07) is 12.5. The smallest absolute Gasteiger partial charge is 0.343 e. The summed E-state index contributed by atoms with van der Waals surface area (Å²) in [7, 11) is 0. The van der Waals surface area contributed by atoms with Gasteiger partial charge in [-0.3, -0.25) is 0 Å². The van der Waals surface area contributed by atoms with Gasteiger partial charge in [0.05, 0.1) is 29.4 Å². The van der Waals surface area contributed by atoms with E-state index in [1.54, 1.807) is 0 Å². The SMILES string of the molecule is CCCCCCCCOc1c(F)c(F)c(-c2ccc(C(=O)Oc3ccc(C#N)cc3)cc2)c(F)c1F. The van der Waals surface area contributed by atoms with Crippen LogP contribution >= 0.6 is 0 Å². The number of unbranched alkanes of at least 4 members (excludes halogenated alkanes) is 5. The van der Waals surface area contributed by atoms with Crippen LogP contribution in [0, 0.1) is 34.6 Å². The lowest BCUT2D eigenvalue weighted by molar-refractivity contribution is 0.0734. The first-order valence-corrected chi connectivity index (χ1v) is 11.7. The minimum absolute atomic E-state index is 0.0451. The van der Waals surface area contributed by atoms with E-state index in [0.717, 1.165) is 44.2 Å². The van der Waals surface area contributed by atoms with Crippen LogP contribution in [0.1, 0.15) is 61.4 Å². The zero-order chi connectivity index (χ0) is 26.1. The largest absolute Gasteiger partial charge is 0.487 e. The molecular formula is C28H25F4NO3. The van der Waals surface area contributed by atoms with Gasteiger partial charge in [0.15, 0.2) is 17.4 Å². The Morgan fingerprint density at radius 3 is 1.97 bits per heavy atom. The van der Waals surface area contributed by atoms with Crippen LogP contribution in [-0.2, 0) is 0 Å². The van der Waals surface area contributed by atoms with E-state index in [9.17, 15) is 22.4 Å². The van der Waals surface area contributed by atoms with Crippen molar-refractivity contribution < 1.29 is 31.8 Å². The van der Waals surface area contributed by atoms with E-state index in [0.29, 0.717) is 12.0 Å². The van der Waals surface area contributed by atoms with Crippen molar-refractivity contribution in [1.82, 2.24) is 0 Å². The van der Waals surface area contributed by atoms with Crippen LogP contribution < -0.4 is 9.47 Å². The van der Waals surface area contributed by atoms with Crippen molar-refractivity contribution in [2.45, 2.75) is 45.4 Å². The average molecular weight is 500 g/mol. The van der Waals surface area contributed by atoms with Gasteiger partial charge < -0.3 is 9.47 Å². The van der Waals surface area contributed by atoms with Gasteiger partial charge in [0.25, 0.3) is 0 Å². The summed E-state index contributed by atoms with van der Waals surface area (Å²) in [6.07, 6.45) is 5.47. The molecule has 0 amide bonds. The minimum Gasteiger partial charge on any atom is -0.487 e. The lowest BCUT2D eigenvalue weighted by Crippen LogP contribution is -2.09. The van der Waals surface area contributed by atoms with Gasteiger partial charge in [-0.05, 0) is 48.4 Å². The Morgan fingerprint density at radius 2 is 1.39 bits per heavy atom. The van der Waals surface area contributed by atoms with E-state index in [1.807, 2.05) is 6.07 Å². The second-order valence-corrected chi connectivity index (χ2v) is 8.18. The number of rotatable bonds is 11. The molecule has 0 fully saturated rings. The van der Waals surface area contributed by atoms with Crippen molar-refractivity contribution in [3.05, 3.63) is 82.9 Å². The Balaban J connectivity index is 1.71. The molecule has 0 unspecified atom stereocenters. The van der Waals surface area contributed by atoms with Gasteiger partial charge in [-0.25, -0.2) is 13.6 Å². The van der Waals surface area contributed by atoms with Gasteiger partial charge in [-0.2, -0.15) is 14.0 Å². The Morgan fingerprint density at radius 1 is 0.806 bits per heavy atom. The fraction of sp³-hybridized carbons (Fsp3) is 0.286. The van der Waals surface area contributed by atoms with Crippen LogP contribution in [0.25, 0.3) is 11.1 Å². The molecule has 0 heterocycles. The van der Waals surface area contributed by atoms with E-state index >= 15 is 0 Å². The number of nitrogens with zero attached hydrogens (tertiary/aromatic N) is 1. The molecule has 36 heavy (non-hydrogen) atoms. The Labute approximate surface area is 207 Å². The van der Waals surface area contributed by atoms with E-state index in [4.69, 9.17) is 14.7 Å². The van der Waals surface area contributed by atoms with Gasteiger partial charge >= 0.3 is 5.97 Å². The summed E-state index contributed by atoms with van der Waals surface area (Å²) in [4.78, 5) is 12.3. The summed E-state index contributed by atoms with van der Waals surface area (Å²) in [6.45, 7) is 2.03. The molecule has 0 aromatic heterocycles. The summed E-state index contributed by atoms with van der Waals surface area (Å²) in [5.41, 5.74) is -0.630. The first kappa shape index (κ1) is 26.7. The predicted molar refractivity (Wildman–Crippen MR) is 127 cm³/mol. The minimum atomic E-state index is -1.61. The maximum atomic E-state index is 14.7. The lowest BCUT2D eigenvalue weighted by Gasteiger charge is -2.13. The van der Waals surface area contributed by atoms with Crippen LogP contribution in [0.3, 0.4) is 0 Å². The zero-order valence-corrected chi connectivity index (χ0v) is 19.8. The van der Waals surface area contributed by atoms with Gasteiger partial charge in [0, 0.05) is 0 Å². The molecule has 3 aromatic carbocycles. The maximum Gasteiger partial charge on any atom is 0.343 e. The summed E-state index contributed by atoms with van der Waals surface area (Å²) in [5.74, 6) is -8.04. The molecule has 8 heteroatoms. The molecule has 0 N–H and O–H groups in total. The van der Waals surface area contributed by atoms with Crippen molar-refractivity contribution in [2.24, 2.45) is 0 Å². The third-order valence-electron chi connectivity index (χ3n) is 5.57. The van der Waals surface area contributed by atoms with Crippen LogP contribution in [0.2, 0.25) is 0 Å². The summed E-state index contributed by atoms with van der Waals surface area (Å²) >= 11 is 0. The normalized spacial score (nSPS) is 10.7. The molecule has 0 aliphatic rings. The lowest BCUT2D eigenvalue weighted by atomic mass is 10.0. The molecular weight excluding hydrogens is 474 g/mol. The Kier molecular flexibility index (Phi) is 9.46. The fourth-order valence-electron chi connectivity index (χ4n) is 3.58. The van der Waals surface area contributed by atoms with Crippen molar-refractivity contribution in [3.8, 4) is 28.7 Å². The third kappa shape index (κ3) is 6.42. The Hall–Kier alpha value is -3.86. The first-order valence-electron chi connectivity index (χ1n) is 11.7. The number of benzene rings is 3. The van der Waals surface area contributed by atoms with Crippen molar-refractivity contribution >= 4 is 5.97 Å². The fourth-order valence-corrected chi connectivity index (χ4v) is 3.58. The molecule has 3 rings (SSSR count). The number of carbonyl (C=O) groups is 1. The number of nitriles is 1. The van der Waals surface area contributed by atoms with Crippen LogP contribution in [-0.4, -0.2) is 12.6 Å². The number of carbonyl (C=O) groups excluding carboxylic acids is 1. The molecule has 4 nitrogen and oxygen atoms in total. The molecule has 188 valence electrons. The zero-order valence-electron chi connectivity index (χ0n) is 19.8. The second-order valence-electron chi connectivity index (χ2n) is 8.18. The second kappa shape index (κ2) is 12.7. The quantitative estimate of drug-likeness (QED) is 0.0890. The monoisotopic (exact) mass is 499 g/mol. The molecule has 0 aliphatic carbocycles. The topological polar surface area (TPSA) is 59.3 Å². The summed E-state index contributed by atoms with van der Waals surface area (Å²) < 4.78 is 68.8. The Bertz CT molecular complexity index is 1210. The van der Waals surface area contributed by atoms with Crippen molar-refractivity contribution in [3.63, 3.8) is 0 Å². The molecule has 3 aromatic rings. The first-order chi connectivity index (χ1) is 17.4. The van der Waals surface area contributed by atoms with E-state index in [1.165, 1.54) is 36.4 Å². The number of hydrogen-bond donors (Lipinski definition) is 0. The molecule has 0 saturated heterocycles. The van der Waals surface area contributed by atoms with E-state index < -0.39 is 40.6 Å². The highest BCUT2D eigenvalue weighted by atomic mass is 19.2. The highest BCUT2D eigenvalue weighted by Crippen LogP contribution is 2.36. The van der Waals surface area contributed by atoms with Gasteiger partial charge in [0.1, 0.15) is 5.75 Å².